The first-order valence-corrected chi connectivity index (χ1v) is 10.6. The van der Waals surface area contributed by atoms with Crippen molar-refractivity contribution < 1.29 is 19.8 Å². The van der Waals surface area contributed by atoms with Crippen LogP contribution in [0.15, 0.2) is 23.8 Å². The van der Waals surface area contributed by atoms with E-state index >= 15 is 0 Å². The number of rotatable bonds is 4. The molecule has 2 N–H and O–H groups in total. The monoisotopic (exact) mass is 372 g/mol. The Morgan fingerprint density at radius 3 is 2.56 bits per heavy atom. The molecule has 4 nitrogen and oxygen atoms in total. The second-order valence-electron chi connectivity index (χ2n) is 9.91. The molecule has 0 radical (unpaired) electrons. The zero-order chi connectivity index (χ0) is 19.4. The Balaban J connectivity index is 1.58. The minimum Gasteiger partial charge on any atom is -0.481 e. The fourth-order valence-electron chi connectivity index (χ4n) is 7.39. The summed E-state index contributed by atoms with van der Waals surface area (Å²) in [7, 11) is 0. The van der Waals surface area contributed by atoms with Crippen LogP contribution in [0.3, 0.4) is 0 Å². The van der Waals surface area contributed by atoms with Crippen LogP contribution < -0.4 is 0 Å². The first-order chi connectivity index (χ1) is 12.8. The fraction of sp³-hybridized carbons (Fsp3) is 0.739. The topological polar surface area (TPSA) is 74.6 Å². The van der Waals surface area contributed by atoms with Crippen LogP contribution in [-0.4, -0.2) is 22.2 Å². The third kappa shape index (κ3) is 2.78. The zero-order valence-corrected chi connectivity index (χ0v) is 16.5. The van der Waals surface area contributed by atoms with E-state index in [0.29, 0.717) is 23.2 Å². The number of hydrogen-bond acceptors (Lipinski definition) is 2. The van der Waals surface area contributed by atoms with Gasteiger partial charge in [-0.25, -0.2) is 0 Å². The van der Waals surface area contributed by atoms with Gasteiger partial charge in [-0.3, -0.25) is 9.59 Å². The third-order valence-electron chi connectivity index (χ3n) is 8.97. The number of fused-ring (bicyclic) bond motifs is 5. The van der Waals surface area contributed by atoms with Crippen molar-refractivity contribution in [1.82, 2.24) is 0 Å². The number of carboxylic acids is 2. The highest BCUT2D eigenvalue weighted by molar-refractivity contribution is 5.92. The lowest BCUT2D eigenvalue weighted by Crippen LogP contribution is -2.49. The molecule has 4 rings (SSSR count). The van der Waals surface area contributed by atoms with E-state index in [1.165, 1.54) is 24.8 Å². The van der Waals surface area contributed by atoms with Gasteiger partial charge in [0.25, 0.3) is 0 Å². The van der Waals surface area contributed by atoms with Gasteiger partial charge < -0.3 is 10.2 Å². The summed E-state index contributed by atoms with van der Waals surface area (Å²) < 4.78 is 0. The molecule has 4 heteroatoms. The summed E-state index contributed by atoms with van der Waals surface area (Å²) in [5.41, 5.74) is 1.92. The minimum absolute atomic E-state index is 0.0938. The van der Waals surface area contributed by atoms with Gasteiger partial charge in [-0.15, -0.1) is 0 Å². The van der Waals surface area contributed by atoms with Crippen molar-refractivity contribution in [3.05, 3.63) is 23.8 Å². The molecule has 2 fully saturated rings. The van der Waals surface area contributed by atoms with Crippen molar-refractivity contribution in [2.45, 2.75) is 65.2 Å². The van der Waals surface area contributed by atoms with Gasteiger partial charge in [0.2, 0.25) is 0 Å². The second kappa shape index (κ2) is 6.49. The van der Waals surface area contributed by atoms with Crippen LogP contribution >= 0.6 is 0 Å². The Kier molecular flexibility index (Phi) is 4.51. The molecule has 6 atom stereocenters. The van der Waals surface area contributed by atoms with Crippen LogP contribution in [0.2, 0.25) is 0 Å². The van der Waals surface area contributed by atoms with E-state index in [9.17, 15) is 19.8 Å². The van der Waals surface area contributed by atoms with Gasteiger partial charge in [0.1, 0.15) is 0 Å². The van der Waals surface area contributed by atoms with Crippen molar-refractivity contribution in [1.29, 1.82) is 0 Å². The largest absolute Gasteiger partial charge is 0.481 e. The van der Waals surface area contributed by atoms with E-state index in [1.54, 1.807) is 0 Å². The zero-order valence-electron chi connectivity index (χ0n) is 16.5. The summed E-state index contributed by atoms with van der Waals surface area (Å²) in [4.78, 5) is 22.9. The van der Waals surface area contributed by atoms with Crippen molar-refractivity contribution in [3.8, 4) is 0 Å². The average Bonchev–Trinajstić information content (AvgIpc) is 2.95. The fourth-order valence-corrected chi connectivity index (χ4v) is 7.39. The normalized spacial score (nSPS) is 42.9. The summed E-state index contributed by atoms with van der Waals surface area (Å²) in [6.07, 6.45) is 15.4. The Labute approximate surface area is 161 Å². The highest BCUT2D eigenvalue weighted by Gasteiger charge is 2.58. The molecule has 0 aliphatic heterocycles. The van der Waals surface area contributed by atoms with E-state index in [1.807, 2.05) is 0 Å². The molecule has 0 aromatic rings. The van der Waals surface area contributed by atoms with Crippen molar-refractivity contribution in [2.75, 3.05) is 0 Å². The Morgan fingerprint density at radius 2 is 1.85 bits per heavy atom. The molecule has 0 saturated heterocycles. The summed E-state index contributed by atoms with van der Waals surface area (Å²) >= 11 is 0. The van der Waals surface area contributed by atoms with E-state index in [4.69, 9.17) is 0 Å². The van der Waals surface area contributed by atoms with E-state index < -0.39 is 17.9 Å². The van der Waals surface area contributed by atoms with Gasteiger partial charge in [0.15, 0.2) is 5.92 Å². The average molecular weight is 373 g/mol. The first-order valence-electron chi connectivity index (χ1n) is 10.6. The van der Waals surface area contributed by atoms with Gasteiger partial charge in [-0.1, -0.05) is 32.1 Å². The van der Waals surface area contributed by atoms with Gasteiger partial charge in [0.05, 0.1) is 0 Å². The minimum atomic E-state index is -1.26. The second-order valence-corrected chi connectivity index (χ2v) is 9.91. The number of aliphatic carboxylic acids is 2. The third-order valence-corrected chi connectivity index (χ3v) is 8.97. The summed E-state index contributed by atoms with van der Waals surface area (Å²) in [6.45, 7) is 4.79. The Bertz CT molecular complexity index is 693. The molecule has 27 heavy (non-hydrogen) atoms. The van der Waals surface area contributed by atoms with Crippen molar-refractivity contribution in [2.24, 2.45) is 40.4 Å². The van der Waals surface area contributed by atoms with Crippen LogP contribution in [0.4, 0.5) is 0 Å². The maximum Gasteiger partial charge on any atom is 0.317 e. The Hall–Kier alpha value is -1.58. The molecule has 0 spiro atoms. The summed E-state index contributed by atoms with van der Waals surface area (Å²) in [5.74, 6) is -1.43. The summed E-state index contributed by atoms with van der Waals surface area (Å²) in [6, 6.07) is 0. The quantitative estimate of drug-likeness (QED) is 0.688. The molecule has 0 aromatic carbocycles. The van der Waals surface area contributed by atoms with Gasteiger partial charge in [-0.2, -0.15) is 0 Å². The van der Waals surface area contributed by atoms with Crippen molar-refractivity contribution >= 4 is 11.9 Å². The van der Waals surface area contributed by atoms with Crippen LogP contribution in [-0.2, 0) is 9.59 Å². The number of carbonyl (C=O) groups is 2. The molecule has 0 heterocycles. The smallest absolute Gasteiger partial charge is 0.317 e. The van der Waals surface area contributed by atoms with Crippen molar-refractivity contribution in [3.63, 3.8) is 0 Å². The molecule has 4 aliphatic rings. The predicted molar refractivity (Wildman–Crippen MR) is 103 cm³/mol. The molecule has 0 aromatic heterocycles. The van der Waals surface area contributed by atoms with Crippen LogP contribution in [0.25, 0.3) is 0 Å². The maximum atomic E-state index is 11.4. The van der Waals surface area contributed by atoms with E-state index in [2.05, 4.69) is 32.1 Å². The van der Waals surface area contributed by atoms with Crippen LogP contribution in [0.1, 0.15) is 65.2 Å². The predicted octanol–water partition coefficient (Wildman–Crippen LogP) is 4.91. The molecular weight excluding hydrogens is 340 g/mol. The maximum absolute atomic E-state index is 11.4. The molecule has 148 valence electrons. The molecule has 0 bridgehead atoms. The molecular formula is C23H32O4. The Morgan fingerprint density at radius 1 is 1.11 bits per heavy atom. The first kappa shape index (κ1) is 18.8. The van der Waals surface area contributed by atoms with E-state index in [-0.39, 0.29) is 17.8 Å². The highest BCUT2D eigenvalue weighted by atomic mass is 16.4. The lowest BCUT2D eigenvalue weighted by atomic mass is 9.48. The SMILES string of the molecule is C[C@]12CC[C@H]3[C@@H](CC=C4C=CCC[C@@]43C)[C@@H]1CC[C@H]2CC(C(=O)O)C(=O)O. The molecule has 2 saturated carbocycles. The highest BCUT2D eigenvalue weighted by Crippen LogP contribution is 2.66. The number of hydrogen-bond donors (Lipinski definition) is 2. The standard InChI is InChI=1S/C23H32O4/c1-22-11-4-3-5-14(22)6-8-16-18-9-7-15(13-17(20(24)25)21(26)27)23(18,2)12-10-19(16)22/h3,5-6,15-19H,4,7-13H2,1-2H3,(H,24,25)(H,26,27)/t15-,16-,18-,19-,22-,23+/m0/s1. The van der Waals surface area contributed by atoms with E-state index in [0.717, 1.165) is 25.7 Å². The van der Waals surface area contributed by atoms with Gasteiger partial charge in [-0.05, 0) is 91.4 Å². The van der Waals surface area contributed by atoms with Crippen LogP contribution in [0.5, 0.6) is 0 Å². The molecule has 0 unspecified atom stereocenters. The molecule has 4 aliphatic carbocycles. The lowest BCUT2D eigenvalue weighted by molar-refractivity contribution is -0.156. The van der Waals surface area contributed by atoms with Crippen LogP contribution in [0, 0.1) is 40.4 Å². The molecule has 0 amide bonds. The van der Waals surface area contributed by atoms with Gasteiger partial charge >= 0.3 is 11.9 Å². The number of allylic oxidation sites excluding steroid dienone is 4. The lowest BCUT2D eigenvalue weighted by Gasteiger charge is -2.57. The summed E-state index contributed by atoms with van der Waals surface area (Å²) in [5, 5.41) is 18.7. The number of carboxylic acid groups (broad SMARTS) is 2. The van der Waals surface area contributed by atoms with Gasteiger partial charge in [0, 0.05) is 0 Å².